The first-order valence-corrected chi connectivity index (χ1v) is 4.38. The van der Waals surface area contributed by atoms with Crippen molar-refractivity contribution in [2.75, 3.05) is 0 Å². The first-order chi connectivity index (χ1) is 6.95. The number of hydrogen-bond donors (Lipinski definition) is 2. The molecule has 0 aromatic carbocycles. The molecule has 0 atom stereocenters. The van der Waals surface area contributed by atoms with Crippen molar-refractivity contribution in [3.63, 3.8) is 0 Å². The van der Waals surface area contributed by atoms with Crippen LogP contribution in [-0.2, 0) is 13.1 Å². The molecule has 0 saturated carbocycles. The Balaban J connectivity index is 1.79. The summed E-state index contributed by atoms with van der Waals surface area (Å²) in [6.07, 6.45) is 6.96. The molecule has 5 heteroatoms. The molecule has 0 fully saturated rings. The molecule has 14 heavy (non-hydrogen) atoms. The molecule has 2 aromatic rings. The third-order valence-electron chi connectivity index (χ3n) is 1.83. The van der Waals surface area contributed by atoms with Crippen LogP contribution in [0, 0.1) is 0 Å². The summed E-state index contributed by atoms with van der Waals surface area (Å²) in [7, 11) is 0. The van der Waals surface area contributed by atoms with Gasteiger partial charge in [0.2, 0.25) is 0 Å². The monoisotopic (exact) mass is 189 g/mol. The minimum atomic E-state index is 0.744. The smallest absolute Gasteiger partial charge is 0.115 e. The lowest BCUT2D eigenvalue weighted by Gasteiger charge is -2.00. The molecule has 2 N–H and O–H groups in total. The Labute approximate surface area is 81.6 Å². The van der Waals surface area contributed by atoms with E-state index in [2.05, 4.69) is 25.5 Å². The highest BCUT2D eigenvalue weighted by atomic mass is 15.1. The van der Waals surface area contributed by atoms with E-state index in [9.17, 15) is 0 Å². The summed E-state index contributed by atoms with van der Waals surface area (Å²) in [4.78, 5) is 7.95. The molecule has 0 spiro atoms. The molecule has 0 aliphatic heterocycles. The summed E-state index contributed by atoms with van der Waals surface area (Å²) < 4.78 is 0. The van der Waals surface area contributed by atoms with E-state index in [1.165, 1.54) is 0 Å². The van der Waals surface area contributed by atoms with E-state index in [1.54, 1.807) is 18.7 Å². The van der Waals surface area contributed by atoms with Crippen LogP contribution in [0.1, 0.15) is 11.3 Å². The van der Waals surface area contributed by atoms with Gasteiger partial charge in [-0.25, -0.2) is 9.97 Å². The predicted molar refractivity (Wildman–Crippen MR) is 51.2 cm³/mol. The number of aromatic amines is 1. The SMILES string of the molecule is c1cc(CNCc2cn[nH]c2)ncn1. The van der Waals surface area contributed by atoms with E-state index in [1.807, 2.05) is 12.3 Å². The molecular formula is C9H11N5. The number of aromatic nitrogens is 4. The maximum Gasteiger partial charge on any atom is 0.115 e. The van der Waals surface area contributed by atoms with Crippen LogP contribution < -0.4 is 5.32 Å². The van der Waals surface area contributed by atoms with Gasteiger partial charge in [0, 0.05) is 31.0 Å². The van der Waals surface area contributed by atoms with Gasteiger partial charge in [-0.3, -0.25) is 5.10 Å². The highest BCUT2D eigenvalue weighted by Gasteiger charge is 1.94. The molecule has 2 rings (SSSR count). The average Bonchev–Trinajstić information content (AvgIpc) is 2.72. The Bertz CT molecular complexity index is 356. The quantitative estimate of drug-likeness (QED) is 0.734. The van der Waals surface area contributed by atoms with Crippen molar-refractivity contribution in [1.29, 1.82) is 0 Å². The Hall–Kier alpha value is -1.75. The zero-order valence-corrected chi connectivity index (χ0v) is 7.64. The van der Waals surface area contributed by atoms with Crippen LogP contribution in [0.5, 0.6) is 0 Å². The number of H-pyrrole nitrogens is 1. The van der Waals surface area contributed by atoms with Crippen LogP contribution in [0.15, 0.2) is 31.0 Å². The van der Waals surface area contributed by atoms with E-state index in [0.717, 1.165) is 24.3 Å². The molecule has 0 saturated heterocycles. The summed E-state index contributed by atoms with van der Waals surface area (Å²) >= 11 is 0. The molecule has 0 aliphatic carbocycles. The van der Waals surface area contributed by atoms with Crippen LogP contribution in [-0.4, -0.2) is 20.2 Å². The molecule has 0 bridgehead atoms. The van der Waals surface area contributed by atoms with E-state index in [-0.39, 0.29) is 0 Å². The fourth-order valence-corrected chi connectivity index (χ4v) is 1.13. The van der Waals surface area contributed by atoms with E-state index in [4.69, 9.17) is 0 Å². The van der Waals surface area contributed by atoms with Crippen molar-refractivity contribution in [1.82, 2.24) is 25.5 Å². The molecule has 0 unspecified atom stereocenters. The van der Waals surface area contributed by atoms with Gasteiger partial charge in [0.25, 0.3) is 0 Å². The molecular weight excluding hydrogens is 178 g/mol. The van der Waals surface area contributed by atoms with Crippen molar-refractivity contribution in [2.24, 2.45) is 0 Å². The maximum atomic E-state index is 4.10. The second kappa shape index (κ2) is 4.48. The van der Waals surface area contributed by atoms with E-state index >= 15 is 0 Å². The summed E-state index contributed by atoms with van der Waals surface area (Å²) in [5, 5.41) is 9.87. The predicted octanol–water partition coefficient (Wildman–Crippen LogP) is 0.490. The fraction of sp³-hybridized carbons (Fsp3) is 0.222. The highest BCUT2D eigenvalue weighted by Crippen LogP contribution is 1.94. The highest BCUT2D eigenvalue weighted by molar-refractivity contribution is 5.03. The van der Waals surface area contributed by atoms with Gasteiger partial charge in [0.15, 0.2) is 0 Å². The Morgan fingerprint density at radius 2 is 2.36 bits per heavy atom. The Morgan fingerprint density at radius 1 is 1.36 bits per heavy atom. The maximum absolute atomic E-state index is 4.10. The largest absolute Gasteiger partial charge is 0.307 e. The first kappa shape index (κ1) is 8.83. The van der Waals surface area contributed by atoms with E-state index < -0.39 is 0 Å². The third-order valence-corrected chi connectivity index (χ3v) is 1.83. The van der Waals surface area contributed by atoms with Gasteiger partial charge in [0.05, 0.1) is 11.9 Å². The van der Waals surface area contributed by atoms with Gasteiger partial charge in [-0.15, -0.1) is 0 Å². The lowest BCUT2D eigenvalue weighted by molar-refractivity contribution is 0.678. The lowest BCUT2D eigenvalue weighted by Crippen LogP contribution is -2.13. The zero-order valence-electron chi connectivity index (χ0n) is 7.64. The van der Waals surface area contributed by atoms with Crippen molar-refractivity contribution in [3.05, 3.63) is 42.2 Å². The summed E-state index contributed by atoms with van der Waals surface area (Å²) in [5.41, 5.74) is 2.13. The zero-order chi connectivity index (χ0) is 9.64. The molecule has 2 aromatic heterocycles. The van der Waals surface area contributed by atoms with Gasteiger partial charge in [-0.05, 0) is 6.07 Å². The summed E-state index contributed by atoms with van der Waals surface area (Å²) in [5.74, 6) is 0. The fourth-order valence-electron chi connectivity index (χ4n) is 1.13. The van der Waals surface area contributed by atoms with Gasteiger partial charge in [-0.1, -0.05) is 0 Å². The van der Waals surface area contributed by atoms with Crippen molar-refractivity contribution in [2.45, 2.75) is 13.1 Å². The minimum Gasteiger partial charge on any atom is -0.307 e. The second-order valence-electron chi connectivity index (χ2n) is 2.91. The van der Waals surface area contributed by atoms with Crippen molar-refractivity contribution in [3.8, 4) is 0 Å². The lowest BCUT2D eigenvalue weighted by atomic mass is 10.3. The molecule has 5 nitrogen and oxygen atoms in total. The van der Waals surface area contributed by atoms with Gasteiger partial charge in [0.1, 0.15) is 6.33 Å². The summed E-state index contributed by atoms with van der Waals surface area (Å²) in [6.45, 7) is 1.54. The molecule has 0 radical (unpaired) electrons. The van der Waals surface area contributed by atoms with E-state index in [0.29, 0.717) is 0 Å². The normalized spacial score (nSPS) is 10.3. The molecule has 2 heterocycles. The van der Waals surface area contributed by atoms with Crippen molar-refractivity contribution >= 4 is 0 Å². The number of nitrogens with one attached hydrogen (secondary N) is 2. The Kier molecular flexibility index (Phi) is 2.82. The third kappa shape index (κ3) is 2.37. The Morgan fingerprint density at radius 3 is 3.07 bits per heavy atom. The van der Waals surface area contributed by atoms with Crippen LogP contribution in [0.25, 0.3) is 0 Å². The number of hydrogen-bond acceptors (Lipinski definition) is 4. The standard InChI is InChI=1S/C9H11N5/c1-2-10-7-12-9(1)6-11-3-8-4-13-14-5-8/h1-2,4-5,7,11H,3,6H2,(H,13,14). The van der Waals surface area contributed by atoms with Gasteiger partial charge < -0.3 is 5.32 Å². The van der Waals surface area contributed by atoms with Crippen LogP contribution in [0.4, 0.5) is 0 Å². The van der Waals surface area contributed by atoms with Gasteiger partial charge >= 0.3 is 0 Å². The van der Waals surface area contributed by atoms with Crippen LogP contribution in [0.3, 0.4) is 0 Å². The van der Waals surface area contributed by atoms with Crippen LogP contribution in [0.2, 0.25) is 0 Å². The first-order valence-electron chi connectivity index (χ1n) is 4.38. The molecule has 0 amide bonds. The number of nitrogens with zero attached hydrogens (tertiary/aromatic N) is 3. The second-order valence-corrected chi connectivity index (χ2v) is 2.91. The molecule has 0 aliphatic rings. The van der Waals surface area contributed by atoms with Crippen molar-refractivity contribution < 1.29 is 0 Å². The number of rotatable bonds is 4. The molecule has 72 valence electrons. The minimum absolute atomic E-state index is 0.744. The average molecular weight is 189 g/mol. The van der Waals surface area contributed by atoms with Crippen LogP contribution >= 0.6 is 0 Å². The topological polar surface area (TPSA) is 66.5 Å². The summed E-state index contributed by atoms with van der Waals surface area (Å²) in [6, 6.07) is 1.89. The van der Waals surface area contributed by atoms with Gasteiger partial charge in [-0.2, -0.15) is 5.10 Å².